The lowest BCUT2D eigenvalue weighted by atomic mass is 9.88. The van der Waals surface area contributed by atoms with E-state index in [0.29, 0.717) is 0 Å². The molecule has 2 rings (SSSR count). The fourth-order valence-electron chi connectivity index (χ4n) is 2.29. The van der Waals surface area contributed by atoms with E-state index in [1.165, 1.54) is 28.4 Å². The molecular formula is C14H19IO. The van der Waals surface area contributed by atoms with E-state index < -0.39 is 0 Å². The van der Waals surface area contributed by atoms with Crippen molar-refractivity contribution in [3.05, 3.63) is 27.3 Å². The SMILES string of the molecule is CCCCC1(C)CCc2cc(I)ccc2O1. The highest BCUT2D eigenvalue weighted by molar-refractivity contribution is 14.1. The summed E-state index contributed by atoms with van der Waals surface area (Å²) in [5, 5.41) is 0. The van der Waals surface area contributed by atoms with Crippen molar-refractivity contribution < 1.29 is 4.74 Å². The minimum absolute atomic E-state index is 0.0653. The van der Waals surface area contributed by atoms with Gasteiger partial charge in [-0.05, 0) is 79.0 Å². The quantitative estimate of drug-likeness (QED) is 0.738. The minimum atomic E-state index is 0.0653. The minimum Gasteiger partial charge on any atom is -0.487 e. The first kappa shape index (κ1) is 12.2. The summed E-state index contributed by atoms with van der Waals surface area (Å²) in [5.41, 5.74) is 1.44. The van der Waals surface area contributed by atoms with E-state index in [2.05, 4.69) is 54.6 Å². The van der Waals surface area contributed by atoms with Gasteiger partial charge in [0, 0.05) is 3.57 Å². The largest absolute Gasteiger partial charge is 0.487 e. The van der Waals surface area contributed by atoms with Crippen molar-refractivity contribution in [1.29, 1.82) is 0 Å². The van der Waals surface area contributed by atoms with Gasteiger partial charge in [0.15, 0.2) is 0 Å². The van der Waals surface area contributed by atoms with Crippen LogP contribution < -0.4 is 4.74 Å². The van der Waals surface area contributed by atoms with Gasteiger partial charge in [0.2, 0.25) is 0 Å². The summed E-state index contributed by atoms with van der Waals surface area (Å²) >= 11 is 2.36. The molecule has 0 radical (unpaired) electrons. The third kappa shape index (κ3) is 2.70. The van der Waals surface area contributed by atoms with Crippen LogP contribution in [0.25, 0.3) is 0 Å². The van der Waals surface area contributed by atoms with Crippen LogP contribution in [0.15, 0.2) is 18.2 Å². The van der Waals surface area contributed by atoms with Crippen LogP contribution in [0.5, 0.6) is 5.75 Å². The van der Waals surface area contributed by atoms with Gasteiger partial charge in [0.1, 0.15) is 11.4 Å². The highest BCUT2D eigenvalue weighted by Crippen LogP contribution is 2.36. The first-order valence-electron chi connectivity index (χ1n) is 6.10. The van der Waals surface area contributed by atoms with Crippen LogP contribution in [-0.4, -0.2) is 5.60 Å². The van der Waals surface area contributed by atoms with Crippen LogP contribution in [0.1, 0.15) is 45.1 Å². The number of hydrogen-bond donors (Lipinski definition) is 0. The molecule has 0 saturated heterocycles. The number of unbranched alkanes of at least 4 members (excludes halogenated alkanes) is 1. The van der Waals surface area contributed by atoms with Crippen LogP contribution in [0.2, 0.25) is 0 Å². The Balaban J connectivity index is 2.14. The zero-order valence-corrected chi connectivity index (χ0v) is 12.2. The van der Waals surface area contributed by atoms with Gasteiger partial charge in [-0.2, -0.15) is 0 Å². The Morgan fingerprint density at radius 2 is 2.25 bits per heavy atom. The second kappa shape index (κ2) is 4.94. The molecule has 0 amide bonds. The van der Waals surface area contributed by atoms with Crippen molar-refractivity contribution in [3.8, 4) is 5.75 Å². The maximum Gasteiger partial charge on any atom is 0.123 e. The van der Waals surface area contributed by atoms with Gasteiger partial charge in [0.05, 0.1) is 0 Å². The van der Waals surface area contributed by atoms with Crippen molar-refractivity contribution in [3.63, 3.8) is 0 Å². The number of fused-ring (bicyclic) bond motifs is 1. The summed E-state index contributed by atoms with van der Waals surface area (Å²) in [6.07, 6.45) is 6.00. The second-order valence-corrected chi connectivity index (χ2v) is 6.15. The molecule has 1 aromatic rings. The average Bonchev–Trinajstić information content (AvgIpc) is 2.27. The lowest BCUT2D eigenvalue weighted by Gasteiger charge is -2.36. The van der Waals surface area contributed by atoms with Gasteiger partial charge in [-0.25, -0.2) is 0 Å². The summed E-state index contributed by atoms with van der Waals surface area (Å²) in [5.74, 6) is 1.10. The molecule has 1 atom stereocenters. The average molecular weight is 330 g/mol. The third-order valence-corrected chi connectivity index (χ3v) is 4.03. The monoisotopic (exact) mass is 330 g/mol. The van der Waals surface area contributed by atoms with Gasteiger partial charge in [-0.15, -0.1) is 0 Å². The molecule has 0 bridgehead atoms. The Hall–Kier alpha value is -0.250. The van der Waals surface area contributed by atoms with Gasteiger partial charge in [-0.3, -0.25) is 0 Å². The van der Waals surface area contributed by atoms with E-state index in [-0.39, 0.29) is 5.60 Å². The van der Waals surface area contributed by atoms with E-state index >= 15 is 0 Å². The summed E-state index contributed by atoms with van der Waals surface area (Å²) in [6, 6.07) is 6.50. The number of hydrogen-bond acceptors (Lipinski definition) is 1. The number of rotatable bonds is 3. The predicted molar refractivity (Wildman–Crippen MR) is 76.0 cm³/mol. The van der Waals surface area contributed by atoms with Crippen LogP contribution in [0.3, 0.4) is 0 Å². The number of ether oxygens (including phenoxy) is 1. The van der Waals surface area contributed by atoms with Crippen molar-refractivity contribution in [1.82, 2.24) is 0 Å². The summed E-state index contributed by atoms with van der Waals surface area (Å²) in [4.78, 5) is 0. The highest BCUT2D eigenvalue weighted by atomic mass is 127. The van der Waals surface area contributed by atoms with Gasteiger partial charge >= 0.3 is 0 Å². The first-order chi connectivity index (χ1) is 7.63. The van der Waals surface area contributed by atoms with Gasteiger partial charge < -0.3 is 4.74 Å². The molecule has 0 saturated carbocycles. The molecule has 88 valence electrons. The van der Waals surface area contributed by atoms with E-state index in [1.54, 1.807) is 0 Å². The Bertz CT molecular complexity index is 375. The zero-order valence-electron chi connectivity index (χ0n) is 10.1. The predicted octanol–water partition coefficient (Wildman–Crippen LogP) is 4.57. The molecule has 16 heavy (non-hydrogen) atoms. The van der Waals surface area contributed by atoms with Crippen molar-refractivity contribution in [2.24, 2.45) is 0 Å². The van der Waals surface area contributed by atoms with Crippen LogP contribution in [0, 0.1) is 3.57 Å². The van der Waals surface area contributed by atoms with Crippen LogP contribution in [0.4, 0.5) is 0 Å². The van der Waals surface area contributed by atoms with E-state index in [0.717, 1.165) is 18.6 Å². The molecule has 1 aliphatic rings. The molecule has 1 nitrogen and oxygen atoms in total. The molecule has 0 spiro atoms. The fourth-order valence-corrected chi connectivity index (χ4v) is 2.84. The maximum atomic E-state index is 6.17. The van der Waals surface area contributed by atoms with Crippen molar-refractivity contribution in [2.75, 3.05) is 0 Å². The molecule has 0 fully saturated rings. The first-order valence-corrected chi connectivity index (χ1v) is 7.18. The Kier molecular flexibility index (Phi) is 3.77. The standard InChI is InChI=1S/C14H19IO/c1-3-4-8-14(2)9-7-11-10-12(15)5-6-13(11)16-14/h5-6,10H,3-4,7-9H2,1-2H3. The Morgan fingerprint density at radius 3 is 3.00 bits per heavy atom. The second-order valence-electron chi connectivity index (χ2n) is 4.91. The lowest BCUT2D eigenvalue weighted by Crippen LogP contribution is -2.36. The molecule has 1 aromatic carbocycles. The molecule has 0 aromatic heterocycles. The van der Waals surface area contributed by atoms with E-state index in [4.69, 9.17) is 4.74 Å². The summed E-state index contributed by atoms with van der Waals surface area (Å²) in [7, 11) is 0. The molecular weight excluding hydrogens is 311 g/mol. The van der Waals surface area contributed by atoms with Gasteiger partial charge in [0.25, 0.3) is 0 Å². The normalized spacial score (nSPS) is 23.7. The Labute approximate surface area is 112 Å². The smallest absolute Gasteiger partial charge is 0.123 e. The number of aryl methyl sites for hydroxylation is 1. The summed E-state index contributed by atoms with van der Waals surface area (Å²) in [6.45, 7) is 4.49. The van der Waals surface area contributed by atoms with Crippen LogP contribution in [-0.2, 0) is 6.42 Å². The molecule has 2 heteroatoms. The van der Waals surface area contributed by atoms with Crippen LogP contribution >= 0.6 is 22.6 Å². The molecule has 0 N–H and O–H groups in total. The molecule has 0 aliphatic carbocycles. The lowest BCUT2D eigenvalue weighted by molar-refractivity contribution is 0.0539. The van der Waals surface area contributed by atoms with Crippen molar-refractivity contribution >= 4 is 22.6 Å². The topological polar surface area (TPSA) is 9.23 Å². The zero-order chi connectivity index (χ0) is 11.6. The fraction of sp³-hybridized carbons (Fsp3) is 0.571. The third-order valence-electron chi connectivity index (χ3n) is 3.36. The summed E-state index contributed by atoms with van der Waals surface area (Å²) < 4.78 is 7.48. The van der Waals surface area contributed by atoms with E-state index in [1.807, 2.05) is 0 Å². The van der Waals surface area contributed by atoms with Gasteiger partial charge in [-0.1, -0.05) is 13.3 Å². The molecule has 1 heterocycles. The molecule has 1 unspecified atom stereocenters. The van der Waals surface area contributed by atoms with Crippen molar-refractivity contribution in [2.45, 2.75) is 51.6 Å². The number of halogens is 1. The van der Waals surface area contributed by atoms with E-state index in [9.17, 15) is 0 Å². The maximum absolute atomic E-state index is 6.17. The Morgan fingerprint density at radius 1 is 1.44 bits per heavy atom. The molecule has 1 aliphatic heterocycles. The highest BCUT2D eigenvalue weighted by Gasteiger charge is 2.30. The number of benzene rings is 1.